The van der Waals surface area contributed by atoms with Gasteiger partial charge in [0.15, 0.2) is 0 Å². The highest BCUT2D eigenvalue weighted by Gasteiger charge is 2.31. The van der Waals surface area contributed by atoms with Crippen molar-refractivity contribution in [2.45, 2.75) is 19.3 Å². The van der Waals surface area contributed by atoms with E-state index >= 15 is 0 Å². The molecular formula is C9H10BrClF3NO. The van der Waals surface area contributed by atoms with Gasteiger partial charge >= 0.3 is 6.36 Å². The summed E-state index contributed by atoms with van der Waals surface area (Å²) in [5, 5.41) is 0. The van der Waals surface area contributed by atoms with Crippen LogP contribution in [0.4, 0.5) is 13.2 Å². The molecule has 1 aromatic rings. The minimum absolute atomic E-state index is 0. The summed E-state index contributed by atoms with van der Waals surface area (Å²) in [7, 11) is 0. The van der Waals surface area contributed by atoms with Gasteiger partial charge in [0, 0.05) is 10.5 Å². The summed E-state index contributed by atoms with van der Waals surface area (Å²) >= 11 is 3.09. The lowest BCUT2D eigenvalue weighted by molar-refractivity contribution is -0.274. The first-order valence-corrected chi connectivity index (χ1v) is 4.89. The van der Waals surface area contributed by atoms with Gasteiger partial charge in [0.05, 0.1) is 0 Å². The molecule has 92 valence electrons. The quantitative estimate of drug-likeness (QED) is 0.900. The molecule has 7 heteroatoms. The third-order valence-corrected chi connectivity index (χ3v) is 2.11. The number of hydrogen-bond acceptors (Lipinski definition) is 2. The summed E-state index contributed by atoms with van der Waals surface area (Å²) < 4.78 is 40.1. The van der Waals surface area contributed by atoms with E-state index in [1.165, 1.54) is 12.1 Å². The van der Waals surface area contributed by atoms with Crippen LogP contribution >= 0.6 is 28.3 Å². The van der Waals surface area contributed by atoms with Crippen LogP contribution in [0.15, 0.2) is 22.7 Å². The highest BCUT2D eigenvalue weighted by atomic mass is 79.9. The molecule has 0 aliphatic carbocycles. The molecule has 1 rings (SSSR count). The Hall–Kier alpha value is -0.460. The minimum Gasteiger partial charge on any atom is -0.406 e. The Labute approximate surface area is 105 Å². The zero-order valence-corrected chi connectivity index (χ0v) is 10.6. The van der Waals surface area contributed by atoms with E-state index in [2.05, 4.69) is 20.7 Å². The molecule has 1 atom stereocenters. The average molecular weight is 321 g/mol. The van der Waals surface area contributed by atoms with Crippen LogP contribution in [-0.4, -0.2) is 6.36 Å². The zero-order valence-electron chi connectivity index (χ0n) is 8.22. The van der Waals surface area contributed by atoms with E-state index < -0.39 is 6.36 Å². The van der Waals surface area contributed by atoms with E-state index in [1.54, 1.807) is 13.0 Å². The fourth-order valence-electron chi connectivity index (χ4n) is 1.04. The SMILES string of the molecule is C[C@H](N)c1cc(Br)cc(OC(F)(F)F)c1.Cl. The number of benzene rings is 1. The van der Waals surface area contributed by atoms with Gasteiger partial charge in [-0.2, -0.15) is 0 Å². The Morgan fingerprint density at radius 3 is 2.31 bits per heavy atom. The van der Waals surface area contributed by atoms with Gasteiger partial charge in [-0.1, -0.05) is 15.9 Å². The Morgan fingerprint density at radius 2 is 1.88 bits per heavy atom. The summed E-state index contributed by atoms with van der Waals surface area (Å²) in [6.07, 6.45) is -4.68. The number of halogens is 5. The average Bonchev–Trinajstić information content (AvgIpc) is 1.99. The van der Waals surface area contributed by atoms with Crippen molar-refractivity contribution < 1.29 is 17.9 Å². The van der Waals surface area contributed by atoms with Gasteiger partial charge in [-0.3, -0.25) is 0 Å². The summed E-state index contributed by atoms with van der Waals surface area (Å²) in [4.78, 5) is 0. The van der Waals surface area contributed by atoms with Crippen molar-refractivity contribution in [2.75, 3.05) is 0 Å². The Bertz CT molecular complexity index is 357. The molecule has 2 N–H and O–H groups in total. The molecule has 2 nitrogen and oxygen atoms in total. The lowest BCUT2D eigenvalue weighted by Gasteiger charge is -2.12. The van der Waals surface area contributed by atoms with Gasteiger partial charge in [0.1, 0.15) is 5.75 Å². The molecule has 0 spiro atoms. The molecule has 0 aromatic heterocycles. The first-order valence-electron chi connectivity index (χ1n) is 4.10. The fourth-order valence-corrected chi connectivity index (χ4v) is 1.53. The van der Waals surface area contributed by atoms with Gasteiger partial charge in [0.25, 0.3) is 0 Å². The van der Waals surface area contributed by atoms with Crippen molar-refractivity contribution in [3.05, 3.63) is 28.2 Å². The van der Waals surface area contributed by atoms with Crippen LogP contribution in [0, 0.1) is 0 Å². The highest BCUT2D eigenvalue weighted by Crippen LogP contribution is 2.28. The van der Waals surface area contributed by atoms with E-state index in [0.29, 0.717) is 10.0 Å². The molecule has 0 saturated carbocycles. The lowest BCUT2D eigenvalue weighted by atomic mass is 10.1. The van der Waals surface area contributed by atoms with Crippen LogP contribution in [0.1, 0.15) is 18.5 Å². The van der Waals surface area contributed by atoms with Crippen molar-refractivity contribution in [3.63, 3.8) is 0 Å². The molecule has 0 unspecified atom stereocenters. The summed E-state index contributed by atoms with van der Waals surface area (Å²) in [6.45, 7) is 1.68. The Kier molecular flexibility index (Phi) is 5.58. The van der Waals surface area contributed by atoms with E-state index in [0.717, 1.165) is 0 Å². The first kappa shape index (κ1) is 15.5. The highest BCUT2D eigenvalue weighted by molar-refractivity contribution is 9.10. The van der Waals surface area contributed by atoms with E-state index in [4.69, 9.17) is 5.73 Å². The standard InChI is InChI=1S/C9H9BrF3NO.ClH/c1-5(14)6-2-7(10)4-8(3-6)15-9(11,12)13;/h2-5H,14H2,1H3;1H/t5-;/m0./s1. The Balaban J connectivity index is 0.00000225. The maximum Gasteiger partial charge on any atom is 0.573 e. The second-order valence-corrected chi connectivity index (χ2v) is 3.97. The maximum atomic E-state index is 11.9. The summed E-state index contributed by atoms with van der Waals surface area (Å²) in [5.74, 6) is -0.274. The van der Waals surface area contributed by atoms with Crippen molar-refractivity contribution in [1.82, 2.24) is 0 Å². The van der Waals surface area contributed by atoms with Crippen LogP contribution in [0.5, 0.6) is 5.75 Å². The van der Waals surface area contributed by atoms with Crippen molar-refractivity contribution in [2.24, 2.45) is 5.73 Å². The number of nitrogens with two attached hydrogens (primary N) is 1. The molecule has 0 fully saturated rings. The third kappa shape index (κ3) is 5.05. The molecular weight excluding hydrogens is 310 g/mol. The van der Waals surface area contributed by atoms with Gasteiger partial charge in [-0.25, -0.2) is 0 Å². The monoisotopic (exact) mass is 319 g/mol. The summed E-state index contributed by atoms with van der Waals surface area (Å²) in [6, 6.07) is 3.80. The predicted octanol–water partition coefficient (Wildman–Crippen LogP) is 3.79. The number of alkyl halides is 3. The molecule has 0 heterocycles. The van der Waals surface area contributed by atoms with Crippen LogP contribution in [0.3, 0.4) is 0 Å². The summed E-state index contributed by atoms with van der Waals surface area (Å²) in [5.41, 5.74) is 6.13. The van der Waals surface area contributed by atoms with Gasteiger partial charge in [0.2, 0.25) is 0 Å². The second-order valence-electron chi connectivity index (χ2n) is 3.06. The van der Waals surface area contributed by atoms with E-state index in [-0.39, 0.29) is 24.2 Å². The van der Waals surface area contributed by atoms with Crippen molar-refractivity contribution in [3.8, 4) is 5.75 Å². The van der Waals surface area contributed by atoms with Gasteiger partial charge < -0.3 is 10.5 Å². The lowest BCUT2D eigenvalue weighted by Crippen LogP contribution is -2.17. The minimum atomic E-state index is -4.68. The molecule has 0 amide bonds. The number of rotatable bonds is 2. The van der Waals surface area contributed by atoms with Crippen LogP contribution in [0.25, 0.3) is 0 Å². The van der Waals surface area contributed by atoms with Crippen LogP contribution < -0.4 is 10.5 Å². The molecule has 16 heavy (non-hydrogen) atoms. The molecule has 0 saturated heterocycles. The topological polar surface area (TPSA) is 35.2 Å². The van der Waals surface area contributed by atoms with Gasteiger partial charge in [-0.15, -0.1) is 25.6 Å². The first-order chi connectivity index (χ1) is 6.78. The van der Waals surface area contributed by atoms with E-state index in [1.807, 2.05) is 0 Å². The van der Waals surface area contributed by atoms with Crippen LogP contribution in [-0.2, 0) is 0 Å². The van der Waals surface area contributed by atoms with Crippen LogP contribution in [0.2, 0.25) is 0 Å². The van der Waals surface area contributed by atoms with Gasteiger partial charge in [-0.05, 0) is 30.7 Å². The maximum absolute atomic E-state index is 11.9. The Morgan fingerprint density at radius 1 is 1.31 bits per heavy atom. The fraction of sp³-hybridized carbons (Fsp3) is 0.333. The number of hydrogen-bond donors (Lipinski definition) is 1. The van der Waals surface area contributed by atoms with E-state index in [9.17, 15) is 13.2 Å². The molecule has 0 radical (unpaired) electrons. The number of ether oxygens (including phenoxy) is 1. The zero-order chi connectivity index (χ0) is 11.6. The normalized spacial score (nSPS) is 12.9. The second kappa shape index (κ2) is 5.75. The third-order valence-electron chi connectivity index (χ3n) is 1.65. The molecule has 0 aliphatic heterocycles. The van der Waals surface area contributed by atoms with Crippen molar-refractivity contribution >= 4 is 28.3 Å². The molecule has 0 bridgehead atoms. The molecule has 0 aliphatic rings. The largest absolute Gasteiger partial charge is 0.573 e. The molecule has 1 aromatic carbocycles. The van der Waals surface area contributed by atoms with Crippen molar-refractivity contribution in [1.29, 1.82) is 0 Å². The smallest absolute Gasteiger partial charge is 0.406 e. The predicted molar refractivity (Wildman–Crippen MR) is 60.7 cm³/mol.